The van der Waals surface area contributed by atoms with E-state index in [1.807, 2.05) is 6.92 Å². The molecule has 0 bridgehead atoms. The lowest BCUT2D eigenvalue weighted by Gasteiger charge is -2.09. The maximum atomic E-state index is 10.5. The molecule has 0 aliphatic carbocycles. The van der Waals surface area contributed by atoms with Crippen molar-refractivity contribution in [3.63, 3.8) is 0 Å². The highest BCUT2D eigenvalue weighted by atomic mass is 16.5. The van der Waals surface area contributed by atoms with Gasteiger partial charge in [-0.1, -0.05) is 19.6 Å². The fraction of sp³-hybridized carbons (Fsp3) is 0.500. The molecule has 3 heteroatoms. The third-order valence-electron chi connectivity index (χ3n) is 1.78. The van der Waals surface area contributed by atoms with Gasteiger partial charge in [0.2, 0.25) is 0 Å². The first-order valence-electron chi connectivity index (χ1n) is 4.26. The Balaban J connectivity index is 4.16. The zero-order chi connectivity index (χ0) is 10.3. The van der Waals surface area contributed by atoms with Gasteiger partial charge < -0.3 is 9.84 Å². The minimum absolute atomic E-state index is 0.147. The second-order valence-corrected chi connectivity index (χ2v) is 2.82. The van der Waals surface area contributed by atoms with Gasteiger partial charge in [-0.3, -0.25) is 0 Å². The third-order valence-corrected chi connectivity index (χ3v) is 1.78. The zero-order valence-corrected chi connectivity index (χ0v) is 8.12. The molecule has 0 aliphatic heterocycles. The Labute approximate surface area is 78.7 Å². The van der Waals surface area contributed by atoms with Crippen LogP contribution in [0.5, 0.6) is 0 Å². The normalized spacial score (nSPS) is 13.5. The highest BCUT2D eigenvalue weighted by molar-refractivity contribution is 5.85. The van der Waals surface area contributed by atoms with Crippen molar-refractivity contribution in [3.8, 4) is 0 Å². The molecule has 0 saturated heterocycles. The van der Waals surface area contributed by atoms with Crippen molar-refractivity contribution in [2.75, 3.05) is 6.61 Å². The molecule has 74 valence electrons. The summed E-state index contributed by atoms with van der Waals surface area (Å²) in [5, 5.41) is 8.62. The van der Waals surface area contributed by atoms with Gasteiger partial charge in [-0.15, -0.1) is 0 Å². The molecule has 0 aromatic carbocycles. The topological polar surface area (TPSA) is 46.5 Å². The van der Waals surface area contributed by atoms with E-state index >= 15 is 0 Å². The summed E-state index contributed by atoms with van der Waals surface area (Å²) in [5.41, 5.74) is 0.361. The van der Waals surface area contributed by atoms with Gasteiger partial charge in [-0.25, -0.2) is 4.79 Å². The molecular formula is C10H16O3. The van der Waals surface area contributed by atoms with Crippen LogP contribution < -0.4 is 0 Å². The van der Waals surface area contributed by atoms with E-state index < -0.39 is 5.97 Å². The molecule has 0 saturated carbocycles. The maximum Gasteiger partial charge on any atom is 0.330 e. The Morgan fingerprint density at radius 1 is 1.69 bits per heavy atom. The fourth-order valence-electron chi connectivity index (χ4n) is 0.900. The quantitative estimate of drug-likeness (QED) is 0.508. The number of carbonyl (C=O) groups is 1. The van der Waals surface area contributed by atoms with E-state index in [9.17, 15) is 4.79 Å². The minimum atomic E-state index is -0.878. The number of aliphatic carboxylic acids is 1. The summed E-state index contributed by atoms with van der Waals surface area (Å²) in [6.45, 7) is 7.48. The van der Waals surface area contributed by atoms with E-state index in [0.29, 0.717) is 12.2 Å². The van der Waals surface area contributed by atoms with Crippen molar-refractivity contribution in [2.45, 2.75) is 20.3 Å². The molecule has 1 atom stereocenters. The summed E-state index contributed by atoms with van der Waals surface area (Å²) in [6, 6.07) is 0. The average molecular weight is 184 g/mol. The highest BCUT2D eigenvalue weighted by Gasteiger charge is 2.06. The van der Waals surface area contributed by atoms with Crippen molar-refractivity contribution in [1.29, 1.82) is 0 Å². The van der Waals surface area contributed by atoms with Crippen molar-refractivity contribution >= 4 is 5.97 Å². The molecule has 0 fully saturated rings. The third kappa shape index (κ3) is 5.06. The molecule has 0 spiro atoms. The number of carboxylic acid groups (broad SMARTS) is 1. The van der Waals surface area contributed by atoms with Crippen LogP contribution >= 0.6 is 0 Å². The van der Waals surface area contributed by atoms with Crippen molar-refractivity contribution < 1.29 is 14.6 Å². The lowest BCUT2D eigenvalue weighted by atomic mass is 10.0. The lowest BCUT2D eigenvalue weighted by Crippen LogP contribution is -2.06. The number of ether oxygens (including phenoxy) is 1. The SMILES string of the molecule is C=COCC(C=C(C)C(=O)O)CC. The molecule has 0 aromatic rings. The minimum Gasteiger partial charge on any atom is -0.501 e. The summed E-state index contributed by atoms with van der Waals surface area (Å²) in [4.78, 5) is 10.5. The lowest BCUT2D eigenvalue weighted by molar-refractivity contribution is -0.132. The van der Waals surface area contributed by atoms with E-state index in [1.165, 1.54) is 6.26 Å². The molecule has 3 nitrogen and oxygen atoms in total. The van der Waals surface area contributed by atoms with Crippen LogP contribution in [-0.4, -0.2) is 17.7 Å². The van der Waals surface area contributed by atoms with Crippen molar-refractivity contribution in [3.05, 3.63) is 24.5 Å². The summed E-state index contributed by atoms with van der Waals surface area (Å²) in [5.74, 6) is -0.730. The summed E-state index contributed by atoms with van der Waals surface area (Å²) >= 11 is 0. The molecule has 0 aromatic heterocycles. The summed E-state index contributed by atoms with van der Waals surface area (Å²) in [7, 11) is 0. The van der Waals surface area contributed by atoms with Crippen LogP contribution in [0.1, 0.15) is 20.3 Å². The molecule has 0 radical (unpaired) electrons. The van der Waals surface area contributed by atoms with Gasteiger partial charge in [0, 0.05) is 11.5 Å². The van der Waals surface area contributed by atoms with Gasteiger partial charge in [0.05, 0.1) is 12.9 Å². The molecule has 0 amide bonds. The van der Waals surface area contributed by atoms with Crippen molar-refractivity contribution in [2.24, 2.45) is 5.92 Å². The Kier molecular flexibility index (Phi) is 5.68. The van der Waals surface area contributed by atoms with Crippen LogP contribution in [0.25, 0.3) is 0 Å². The monoisotopic (exact) mass is 184 g/mol. The molecule has 0 rings (SSSR count). The smallest absolute Gasteiger partial charge is 0.330 e. The highest BCUT2D eigenvalue weighted by Crippen LogP contribution is 2.08. The molecule has 1 unspecified atom stereocenters. The van der Waals surface area contributed by atoms with Gasteiger partial charge in [-0.05, 0) is 13.3 Å². The van der Waals surface area contributed by atoms with E-state index in [4.69, 9.17) is 9.84 Å². The standard InChI is InChI=1S/C10H16O3/c1-4-9(7-13-5-2)6-8(3)10(11)12/h5-6,9H,2,4,7H2,1,3H3,(H,11,12). The first-order chi connectivity index (χ1) is 6.11. The first-order valence-corrected chi connectivity index (χ1v) is 4.26. The Hall–Kier alpha value is -1.25. The van der Waals surface area contributed by atoms with Gasteiger partial charge in [0.25, 0.3) is 0 Å². The van der Waals surface area contributed by atoms with E-state index in [0.717, 1.165) is 6.42 Å². The molecule has 0 aliphatic rings. The second kappa shape index (κ2) is 6.29. The maximum absolute atomic E-state index is 10.5. The van der Waals surface area contributed by atoms with Crippen LogP contribution in [0.2, 0.25) is 0 Å². The molecule has 0 heterocycles. The second-order valence-electron chi connectivity index (χ2n) is 2.82. The van der Waals surface area contributed by atoms with E-state index in [1.54, 1.807) is 13.0 Å². The van der Waals surface area contributed by atoms with Crippen LogP contribution in [0.15, 0.2) is 24.5 Å². The fourth-order valence-corrected chi connectivity index (χ4v) is 0.900. The van der Waals surface area contributed by atoms with Crippen LogP contribution in [-0.2, 0) is 9.53 Å². The average Bonchev–Trinajstić information content (AvgIpc) is 2.11. The summed E-state index contributed by atoms with van der Waals surface area (Å²) < 4.78 is 4.99. The predicted molar refractivity (Wildman–Crippen MR) is 51.3 cm³/mol. The van der Waals surface area contributed by atoms with Gasteiger partial charge in [0.15, 0.2) is 0 Å². The number of carboxylic acids is 1. The number of hydrogen-bond donors (Lipinski definition) is 1. The zero-order valence-electron chi connectivity index (χ0n) is 8.12. The largest absolute Gasteiger partial charge is 0.501 e. The van der Waals surface area contributed by atoms with E-state index in [2.05, 4.69) is 6.58 Å². The van der Waals surface area contributed by atoms with E-state index in [-0.39, 0.29) is 5.92 Å². The summed E-state index contributed by atoms with van der Waals surface area (Å²) in [6.07, 6.45) is 3.94. The first kappa shape index (κ1) is 11.8. The number of rotatable bonds is 6. The Morgan fingerprint density at radius 3 is 2.69 bits per heavy atom. The molecular weight excluding hydrogens is 168 g/mol. The molecule has 1 N–H and O–H groups in total. The van der Waals surface area contributed by atoms with Crippen LogP contribution in [0.3, 0.4) is 0 Å². The van der Waals surface area contributed by atoms with Gasteiger partial charge >= 0.3 is 5.97 Å². The van der Waals surface area contributed by atoms with Crippen molar-refractivity contribution in [1.82, 2.24) is 0 Å². The van der Waals surface area contributed by atoms with Crippen LogP contribution in [0, 0.1) is 5.92 Å². The predicted octanol–water partition coefficient (Wildman–Crippen LogP) is 2.20. The van der Waals surface area contributed by atoms with Gasteiger partial charge in [-0.2, -0.15) is 0 Å². The van der Waals surface area contributed by atoms with Crippen LogP contribution in [0.4, 0.5) is 0 Å². The Morgan fingerprint density at radius 2 is 2.31 bits per heavy atom. The van der Waals surface area contributed by atoms with Gasteiger partial charge in [0.1, 0.15) is 0 Å². The number of hydrogen-bond acceptors (Lipinski definition) is 2. The Bertz CT molecular complexity index is 206. The molecule has 13 heavy (non-hydrogen) atoms.